The Balaban J connectivity index is 2.38. The van der Waals surface area contributed by atoms with Gasteiger partial charge in [0.2, 0.25) is 5.78 Å². The monoisotopic (exact) mass is 280 g/mol. The van der Waals surface area contributed by atoms with Crippen molar-refractivity contribution in [2.24, 2.45) is 0 Å². The minimum atomic E-state index is -0.0869. The molecular weight excluding hydrogens is 264 g/mol. The largest absolute Gasteiger partial charge is 0.496 e. The van der Waals surface area contributed by atoms with Crippen LogP contribution in [-0.4, -0.2) is 29.8 Å². The first kappa shape index (κ1) is 13.6. The molecule has 0 spiro atoms. The summed E-state index contributed by atoms with van der Waals surface area (Å²) in [5.74, 6) is 1.11. The molecule has 2 aromatic rings. The van der Waals surface area contributed by atoms with E-state index >= 15 is 0 Å². The van der Waals surface area contributed by atoms with Gasteiger partial charge < -0.3 is 9.47 Å². The van der Waals surface area contributed by atoms with Crippen LogP contribution in [0.5, 0.6) is 11.5 Å². The number of carbonyl (C=O) groups is 1. The Kier molecular flexibility index (Phi) is 4.21. The molecule has 2 rings (SSSR count). The first-order chi connectivity index (χ1) is 9.21. The molecule has 0 fully saturated rings. The third-order valence-electron chi connectivity index (χ3n) is 2.71. The molecule has 0 amide bonds. The van der Waals surface area contributed by atoms with Crippen LogP contribution in [0, 0.1) is 0 Å². The fraction of sp³-hybridized carbons (Fsp3) is 0.385. The molecule has 0 bridgehead atoms. The quantitative estimate of drug-likeness (QED) is 0.763. The van der Waals surface area contributed by atoms with Crippen LogP contribution >= 0.6 is 11.3 Å². The van der Waals surface area contributed by atoms with Crippen LogP contribution in [-0.2, 0) is 6.54 Å². The average Bonchev–Trinajstić information content (AvgIpc) is 3.04. The van der Waals surface area contributed by atoms with Gasteiger partial charge in [-0.05, 0) is 6.42 Å². The van der Waals surface area contributed by atoms with Gasteiger partial charge in [-0.25, -0.2) is 0 Å². The molecule has 0 aliphatic heterocycles. The van der Waals surface area contributed by atoms with E-state index in [1.54, 1.807) is 36.5 Å². The van der Waals surface area contributed by atoms with Gasteiger partial charge in [0.25, 0.3) is 0 Å². The first-order valence-corrected chi connectivity index (χ1v) is 6.86. The number of aryl methyl sites for hydroxylation is 1. The number of rotatable bonds is 6. The van der Waals surface area contributed by atoms with Crippen molar-refractivity contribution in [3.05, 3.63) is 28.2 Å². The molecule has 19 heavy (non-hydrogen) atoms. The molecule has 0 radical (unpaired) electrons. The number of nitrogens with zero attached hydrogens (tertiary/aromatic N) is 2. The summed E-state index contributed by atoms with van der Waals surface area (Å²) in [4.78, 5) is 13.1. The van der Waals surface area contributed by atoms with E-state index in [1.807, 2.05) is 6.92 Å². The van der Waals surface area contributed by atoms with Gasteiger partial charge >= 0.3 is 0 Å². The molecule has 2 aromatic heterocycles. The number of hydrogen-bond donors (Lipinski definition) is 0. The van der Waals surface area contributed by atoms with Gasteiger partial charge in [-0.3, -0.25) is 9.48 Å². The van der Waals surface area contributed by atoms with Crippen LogP contribution in [0.2, 0.25) is 0 Å². The Hall–Kier alpha value is -1.82. The maximum absolute atomic E-state index is 12.5. The molecule has 0 aromatic carbocycles. The summed E-state index contributed by atoms with van der Waals surface area (Å²) in [6.07, 6.45) is 2.48. The van der Waals surface area contributed by atoms with E-state index in [2.05, 4.69) is 5.10 Å². The summed E-state index contributed by atoms with van der Waals surface area (Å²) < 4.78 is 12.0. The summed E-state index contributed by atoms with van der Waals surface area (Å²) in [7, 11) is 3.12. The zero-order valence-corrected chi connectivity index (χ0v) is 12.0. The highest BCUT2D eigenvalue weighted by atomic mass is 32.1. The van der Waals surface area contributed by atoms with E-state index in [0.29, 0.717) is 28.6 Å². The van der Waals surface area contributed by atoms with Gasteiger partial charge in [-0.15, -0.1) is 11.3 Å². The summed E-state index contributed by atoms with van der Waals surface area (Å²) >= 11 is 1.36. The van der Waals surface area contributed by atoms with Crippen molar-refractivity contribution in [1.82, 2.24) is 9.78 Å². The third kappa shape index (κ3) is 2.63. The third-order valence-corrected chi connectivity index (χ3v) is 3.62. The summed E-state index contributed by atoms with van der Waals surface area (Å²) in [6.45, 7) is 2.73. The second-order valence-electron chi connectivity index (χ2n) is 3.96. The van der Waals surface area contributed by atoms with Crippen LogP contribution in [0.1, 0.15) is 28.7 Å². The second kappa shape index (κ2) is 5.88. The number of thiophene rings is 1. The lowest BCUT2D eigenvalue weighted by molar-refractivity contribution is 0.102. The maximum atomic E-state index is 12.5. The van der Waals surface area contributed by atoms with Crippen molar-refractivity contribution in [2.75, 3.05) is 14.2 Å². The fourth-order valence-corrected chi connectivity index (χ4v) is 2.58. The van der Waals surface area contributed by atoms with Gasteiger partial charge in [0.15, 0.2) is 11.4 Å². The van der Waals surface area contributed by atoms with Crippen molar-refractivity contribution in [1.29, 1.82) is 0 Å². The van der Waals surface area contributed by atoms with Gasteiger partial charge in [0, 0.05) is 18.0 Å². The van der Waals surface area contributed by atoms with E-state index in [9.17, 15) is 4.79 Å². The lowest BCUT2D eigenvalue weighted by Gasteiger charge is -2.05. The van der Waals surface area contributed by atoms with E-state index in [1.165, 1.54) is 11.3 Å². The fourth-order valence-electron chi connectivity index (χ4n) is 1.79. The van der Waals surface area contributed by atoms with Crippen molar-refractivity contribution in [3.63, 3.8) is 0 Å². The van der Waals surface area contributed by atoms with Crippen molar-refractivity contribution >= 4 is 17.1 Å². The number of hydrogen-bond acceptors (Lipinski definition) is 5. The number of ether oxygens (including phenoxy) is 2. The lowest BCUT2D eigenvalue weighted by Crippen LogP contribution is -2.11. The molecule has 5 nitrogen and oxygen atoms in total. The Morgan fingerprint density at radius 1 is 1.42 bits per heavy atom. The van der Waals surface area contributed by atoms with Gasteiger partial charge in [0.05, 0.1) is 25.3 Å². The molecular formula is C13H16N2O3S. The van der Waals surface area contributed by atoms with Crippen molar-refractivity contribution in [3.8, 4) is 11.5 Å². The molecule has 0 unspecified atom stereocenters. The highest BCUT2D eigenvalue weighted by Gasteiger charge is 2.22. The van der Waals surface area contributed by atoms with Gasteiger partial charge in [0.1, 0.15) is 5.75 Å². The molecule has 102 valence electrons. The van der Waals surface area contributed by atoms with E-state index in [0.717, 1.165) is 6.42 Å². The predicted octanol–water partition coefficient (Wildman–Crippen LogP) is 2.60. The van der Waals surface area contributed by atoms with E-state index in [-0.39, 0.29) is 5.78 Å². The molecule has 0 aliphatic rings. The number of aromatic nitrogens is 2. The smallest absolute Gasteiger partial charge is 0.224 e. The summed E-state index contributed by atoms with van der Waals surface area (Å²) in [6, 6.07) is 1.73. The van der Waals surface area contributed by atoms with Crippen molar-refractivity contribution < 1.29 is 14.3 Å². The Morgan fingerprint density at radius 2 is 2.21 bits per heavy atom. The molecule has 0 atom stereocenters. The minimum Gasteiger partial charge on any atom is -0.496 e. The average molecular weight is 280 g/mol. The highest BCUT2D eigenvalue weighted by molar-refractivity contribution is 7.12. The highest BCUT2D eigenvalue weighted by Crippen LogP contribution is 2.27. The zero-order valence-electron chi connectivity index (χ0n) is 11.2. The topological polar surface area (TPSA) is 53.4 Å². The van der Waals surface area contributed by atoms with E-state index in [4.69, 9.17) is 9.47 Å². The van der Waals surface area contributed by atoms with Crippen LogP contribution < -0.4 is 9.47 Å². The Morgan fingerprint density at radius 3 is 2.79 bits per heavy atom. The second-order valence-corrected chi connectivity index (χ2v) is 4.88. The molecule has 2 heterocycles. The SMILES string of the molecule is CCCn1ncc(OC)c1C(=O)c1cc(OC)cs1. The molecule has 0 N–H and O–H groups in total. The zero-order chi connectivity index (χ0) is 13.8. The van der Waals surface area contributed by atoms with Crippen LogP contribution in [0.3, 0.4) is 0 Å². The standard InChI is InChI=1S/C13H16N2O3S/c1-4-5-15-12(10(18-3)7-14-15)13(16)11-6-9(17-2)8-19-11/h6-8H,4-5H2,1-3H3. The lowest BCUT2D eigenvalue weighted by atomic mass is 10.2. The van der Waals surface area contributed by atoms with Crippen LogP contribution in [0.25, 0.3) is 0 Å². The van der Waals surface area contributed by atoms with Crippen molar-refractivity contribution in [2.45, 2.75) is 19.9 Å². The van der Waals surface area contributed by atoms with Gasteiger partial charge in [-0.2, -0.15) is 5.10 Å². The number of ketones is 1. The number of carbonyl (C=O) groups excluding carboxylic acids is 1. The first-order valence-electron chi connectivity index (χ1n) is 5.98. The molecule has 0 saturated carbocycles. The maximum Gasteiger partial charge on any atom is 0.224 e. The Labute approximate surface area is 115 Å². The molecule has 0 aliphatic carbocycles. The predicted molar refractivity (Wildman–Crippen MR) is 73.4 cm³/mol. The van der Waals surface area contributed by atoms with E-state index < -0.39 is 0 Å². The normalized spacial score (nSPS) is 10.5. The molecule has 0 saturated heterocycles. The van der Waals surface area contributed by atoms with Crippen LogP contribution in [0.15, 0.2) is 17.6 Å². The summed E-state index contributed by atoms with van der Waals surface area (Å²) in [5, 5.41) is 6.00. The van der Waals surface area contributed by atoms with Gasteiger partial charge in [-0.1, -0.05) is 6.92 Å². The molecule has 6 heteroatoms. The Bertz CT molecular complexity index is 574. The summed E-state index contributed by atoms with van der Waals surface area (Å²) in [5.41, 5.74) is 0.494. The number of methoxy groups -OCH3 is 2. The van der Waals surface area contributed by atoms with Crippen LogP contribution in [0.4, 0.5) is 0 Å². The minimum absolute atomic E-state index is 0.0869.